The van der Waals surface area contributed by atoms with E-state index in [1.807, 2.05) is 42.5 Å². The monoisotopic (exact) mass is 341 g/mol. The number of para-hydroxylation sites is 1. The van der Waals surface area contributed by atoms with Gasteiger partial charge in [0.05, 0.1) is 23.0 Å². The molecule has 124 valence electrons. The van der Waals surface area contributed by atoms with Crippen molar-refractivity contribution in [3.05, 3.63) is 72.7 Å². The maximum Gasteiger partial charge on any atom is 0.270 e. The Hall–Kier alpha value is -3.47. The van der Waals surface area contributed by atoms with Crippen molar-refractivity contribution in [2.24, 2.45) is 6.98 Å². The fourth-order valence-electron chi connectivity index (χ4n) is 4.05. The molecule has 0 saturated carbocycles. The van der Waals surface area contributed by atoms with Crippen LogP contribution in [0.1, 0.15) is 9.68 Å². The fourth-order valence-corrected chi connectivity index (χ4v) is 4.05. The number of aryl methyl sites for hydroxylation is 1. The SMILES string of the molecule is [2H]C([2H])([2H])n1c2ccncc2c2c1[n+]1c(n2-c2ccccc2)-c2ncccc2C1. The molecule has 4 aromatic heterocycles. The normalized spacial score (nSPS) is 14.8. The van der Waals surface area contributed by atoms with Crippen LogP contribution < -0.4 is 4.57 Å². The molecule has 26 heavy (non-hydrogen) atoms. The number of aromatic nitrogens is 5. The molecule has 5 aromatic rings. The molecular weight excluding hydrogens is 322 g/mol. The zero-order valence-corrected chi connectivity index (χ0v) is 13.8. The molecule has 5 nitrogen and oxygen atoms in total. The van der Waals surface area contributed by atoms with Crippen molar-refractivity contribution in [3.63, 3.8) is 0 Å². The van der Waals surface area contributed by atoms with E-state index >= 15 is 0 Å². The van der Waals surface area contributed by atoms with Crippen LogP contribution >= 0.6 is 0 Å². The first-order chi connectivity index (χ1) is 14.1. The third-order valence-corrected chi connectivity index (χ3v) is 5.11. The molecule has 0 fully saturated rings. The van der Waals surface area contributed by atoms with Gasteiger partial charge >= 0.3 is 0 Å². The van der Waals surface area contributed by atoms with Crippen LogP contribution in [-0.2, 0) is 13.5 Å². The van der Waals surface area contributed by atoms with Gasteiger partial charge in [-0.15, -0.1) is 0 Å². The lowest BCUT2D eigenvalue weighted by Gasteiger charge is -2.03. The molecule has 0 aliphatic carbocycles. The lowest BCUT2D eigenvalue weighted by Crippen LogP contribution is -2.33. The zero-order valence-electron chi connectivity index (χ0n) is 16.8. The summed E-state index contributed by atoms with van der Waals surface area (Å²) in [6.07, 6.45) is 5.16. The molecule has 0 N–H and O–H groups in total. The van der Waals surface area contributed by atoms with Crippen LogP contribution in [-0.4, -0.2) is 19.1 Å². The van der Waals surface area contributed by atoms with Gasteiger partial charge in [-0.25, -0.2) is 14.1 Å². The summed E-state index contributed by atoms with van der Waals surface area (Å²) in [5.41, 5.74) is 5.05. The van der Waals surface area contributed by atoms with Gasteiger partial charge < -0.3 is 0 Å². The van der Waals surface area contributed by atoms with E-state index in [0.717, 1.165) is 33.7 Å². The highest BCUT2D eigenvalue weighted by molar-refractivity contribution is 6.05. The van der Waals surface area contributed by atoms with E-state index in [9.17, 15) is 0 Å². The van der Waals surface area contributed by atoms with Crippen LogP contribution in [0.2, 0.25) is 0 Å². The number of imidazole rings is 1. The third kappa shape index (κ3) is 1.57. The maximum atomic E-state index is 8.23. The summed E-state index contributed by atoms with van der Waals surface area (Å²) in [4.78, 5) is 8.91. The molecule has 0 atom stereocenters. The van der Waals surface area contributed by atoms with Gasteiger partial charge in [0.25, 0.3) is 11.5 Å². The highest BCUT2D eigenvalue weighted by atomic mass is 15.3. The number of rotatable bonds is 1. The van der Waals surface area contributed by atoms with Crippen molar-refractivity contribution < 1.29 is 8.68 Å². The molecule has 0 spiro atoms. The molecule has 0 unspecified atom stereocenters. The lowest BCUT2D eigenvalue weighted by molar-refractivity contribution is -0.648. The second kappa shape index (κ2) is 4.79. The van der Waals surface area contributed by atoms with Crippen molar-refractivity contribution in [1.82, 2.24) is 19.1 Å². The Labute approximate surface area is 154 Å². The molecule has 5 heteroatoms. The van der Waals surface area contributed by atoms with Gasteiger partial charge in [-0.1, -0.05) is 24.3 Å². The number of hydrogen-bond acceptors (Lipinski definition) is 2. The Bertz CT molecular complexity index is 1410. The first-order valence-electron chi connectivity index (χ1n) is 9.98. The van der Waals surface area contributed by atoms with Gasteiger partial charge in [0.15, 0.2) is 5.52 Å². The Morgan fingerprint density at radius 3 is 2.88 bits per heavy atom. The van der Waals surface area contributed by atoms with Crippen molar-refractivity contribution in [2.45, 2.75) is 6.54 Å². The number of fused-ring (bicyclic) bond motifs is 7. The third-order valence-electron chi connectivity index (χ3n) is 5.11. The number of nitrogens with zero attached hydrogens (tertiary/aromatic N) is 5. The van der Waals surface area contributed by atoms with E-state index in [1.54, 1.807) is 24.7 Å². The molecule has 0 radical (unpaired) electrons. The summed E-state index contributed by atoms with van der Waals surface area (Å²) in [6, 6.07) is 15.7. The van der Waals surface area contributed by atoms with Gasteiger partial charge in [-0.3, -0.25) is 9.55 Å². The van der Waals surface area contributed by atoms with E-state index in [2.05, 4.69) is 19.1 Å². The predicted octanol–water partition coefficient (Wildman–Crippen LogP) is 3.23. The second-order valence-electron chi connectivity index (χ2n) is 6.49. The molecule has 1 aliphatic rings. The van der Waals surface area contributed by atoms with Crippen LogP contribution in [0, 0.1) is 0 Å². The van der Waals surface area contributed by atoms with E-state index in [0.29, 0.717) is 17.7 Å². The topological polar surface area (TPSA) is 39.5 Å². The summed E-state index contributed by atoms with van der Waals surface area (Å²) in [7, 11) is 0. The summed E-state index contributed by atoms with van der Waals surface area (Å²) in [5.74, 6) is 0.889. The zero-order chi connectivity index (χ0) is 19.8. The summed E-state index contributed by atoms with van der Waals surface area (Å²) < 4.78 is 30.3. The predicted molar refractivity (Wildman–Crippen MR) is 100 cm³/mol. The van der Waals surface area contributed by atoms with E-state index in [1.165, 1.54) is 4.57 Å². The standard InChI is InChI=1S/C21H16N5/c1-24-17-9-11-22-12-16(17)19-21(24)25-13-14-6-5-10-23-18(14)20(25)26(19)15-7-3-2-4-8-15/h2-12H,13H2,1H3/q+1/i1D3. The largest absolute Gasteiger partial charge is 0.270 e. The van der Waals surface area contributed by atoms with Crippen molar-refractivity contribution in [2.75, 3.05) is 0 Å². The highest BCUT2D eigenvalue weighted by Gasteiger charge is 2.37. The average Bonchev–Trinajstić information content (AvgIpc) is 3.34. The molecule has 1 aliphatic heterocycles. The molecule has 0 amide bonds. The van der Waals surface area contributed by atoms with Gasteiger partial charge in [0.2, 0.25) is 0 Å². The first-order valence-corrected chi connectivity index (χ1v) is 8.48. The second-order valence-corrected chi connectivity index (χ2v) is 6.49. The number of benzene rings is 1. The van der Waals surface area contributed by atoms with E-state index < -0.39 is 6.98 Å². The number of pyridine rings is 2. The Morgan fingerprint density at radius 2 is 2.00 bits per heavy atom. The maximum absolute atomic E-state index is 8.23. The van der Waals surface area contributed by atoms with Gasteiger partial charge in [-0.05, 0) is 24.3 Å². The van der Waals surface area contributed by atoms with Gasteiger partial charge in [0, 0.05) is 24.2 Å². The summed E-state index contributed by atoms with van der Waals surface area (Å²) in [5, 5.41) is 0.807. The first kappa shape index (κ1) is 11.2. The molecule has 0 saturated heterocycles. The van der Waals surface area contributed by atoms with Crippen LogP contribution in [0.5, 0.6) is 0 Å². The fraction of sp³-hybridized carbons (Fsp3) is 0.0952. The van der Waals surface area contributed by atoms with Gasteiger partial charge in [-0.2, -0.15) is 0 Å². The number of hydrogen-bond donors (Lipinski definition) is 0. The quantitative estimate of drug-likeness (QED) is 0.431. The van der Waals surface area contributed by atoms with Crippen LogP contribution in [0.15, 0.2) is 67.1 Å². The molecular formula is C21H16N5+. The minimum atomic E-state index is -2.33. The lowest BCUT2D eigenvalue weighted by atomic mass is 10.2. The van der Waals surface area contributed by atoms with E-state index in [4.69, 9.17) is 4.11 Å². The van der Waals surface area contributed by atoms with Crippen molar-refractivity contribution in [1.29, 1.82) is 0 Å². The van der Waals surface area contributed by atoms with Crippen molar-refractivity contribution in [3.8, 4) is 17.2 Å². The Balaban J connectivity index is 1.89. The highest BCUT2D eigenvalue weighted by Crippen LogP contribution is 2.36. The molecule has 5 heterocycles. The Morgan fingerprint density at radius 1 is 1.08 bits per heavy atom. The van der Waals surface area contributed by atoms with Crippen LogP contribution in [0.25, 0.3) is 39.3 Å². The van der Waals surface area contributed by atoms with E-state index in [-0.39, 0.29) is 0 Å². The van der Waals surface area contributed by atoms with Crippen molar-refractivity contribution >= 4 is 22.1 Å². The minimum Gasteiger partial charge on any atom is -0.264 e. The smallest absolute Gasteiger partial charge is 0.264 e. The van der Waals surface area contributed by atoms with Gasteiger partial charge in [0.1, 0.15) is 16.9 Å². The average molecular weight is 341 g/mol. The summed E-state index contributed by atoms with van der Waals surface area (Å²) in [6.45, 7) is -1.75. The molecule has 0 bridgehead atoms. The Kier molecular flexibility index (Phi) is 2.06. The summed E-state index contributed by atoms with van der Waals surface area (Å²) >= 11 is 0. The molecule has 6 rings (SSSR count). The van der Waals surface area contributed by atoms with Crippen LogP contribution in [0.3, 0.4) is 0 Å². The van der Waals surface area contributed by atoms with Crippen LogP contribution in [0.4, 0.5) is 0 Å². The molecule has 1 aromatic carbocycles. The minimum absolute atomic E-state index is 0.578.